The smallest absolute Gasteiger partial charge is 0.185 e. The van der Waals surface area contributed by atoms with Crippen molar-refractivity contribution >= 4 is 57.7 Å². The van der Waals surface area contributed by atoms with Gasteiger partial charge in [-0.1, -0.05) is 47.5 Å². The molecule has 0 atom stereocenters. The first-order valence-corrected chi connectivity index (χ1v) is 11.6. The second-order valence-corrected chi connectivity index (χ2v) is 8.71. The Morgan fingerprint density at radius 1 is 1.00 bits per heavy atom. The average Bonchev–Trinajstić information content (AvgIpc) is 2.81. The SMILES string of the molecule is O=C(/C=C/c1ccc(Cl)cc1Cl)c1ccc(OCCSc2ncnc3ccccc23)cc1. The van der Waals surface area contributed by atoms with Crippen molar-refractivity contribution in [2.75, 3.05) is 12.4 Å². The lowest BCUT2D eigenvalue weighted by Gasteiger charge is -2.07. The molecule has 7 heteroatoms. The van der Waals surface area contributed by atoms with Crippen molar-refractivity contribution in [1.82, 2.24) is 9.97 Å². The Balaban J connectivity index is 1.30. The third-order valence-electron chi connectivity index (χ3n) is 4.61. The summed E-state index contributed by atoms with van der Waals surface area (Å²) in [4.78, 5) is 21.1. The Kier molecular flexibility index (Phi) is 7.43. The molecule has 0 fully saturated rings. The van der Waals surface area contributed by atoms with Gasteiger partial charge in [-0.3, -0.25) is 4.79 Å². The van der Waals surface area contributed by atoms with E-state index < -0.39 is 0 Å². The van der Waals surface area contributed by atoms with Gasteiger partial charge in [0.05, 0.1) is 12.1 Å². The maximum Gasteiger partial charge on any atom is 0.185 e. The van der Waals surface area contributed by atoms with Gasteiger partial charge >= 0.3 is 0 Å². The maximum atomic E-state index is 12.4. The lowest BCUT2D eigenvalue weighted by atomic mass is 10.1. The molecule has 0 aliphatic rings. The molecular formula is C25H18Cl2N2O2S. The first kappa shape index (κ1) is 22.3. The van der Waals surface area contributed by atoms with Crippen molar-refractivity contribution in [3.05, 3.63) is 100 Å². The highest BCUT2D eigenvalue weighted by molar-refractivity contribution is 7.99. The molecule has 0 spiro atoms. The van der Waals surface area contributed by atoms with E-state index in [9.17, 15) is 4.79 Å². The number of ether oxygens (including phenoxy) is 1. The molecule has 0 amide bonds. The van der Waals surface area contributed by atoms with Gasteiger partial charge in [0.15, 0.2) is 5.78 Å². The first-order chi connectivity index (χ1) is 15.6. The number of thioether (sulfide) groups is 1. The summed E-state index contributed by atoms with van der Waals surface area (Å²) in [5.41, 5.74) is 2.23. The van der Waals surface area contributed by atoms with Crippen molar-refractivity contribution in [3.63, 3.8) is 0 Å². The molecule has 1 heterocycles. The highest BCUT2D eigenvalue weighted by Gasteiger charge is 2.06. The van der Waals surface area contributed by atoms with Gasteiger partial charge in [0.1, 0.15) is 17.1 Å². The molecule has 0 aliphatic carbocycles. The predicted molar refractivity (Wildman–Crippen MR) is 132 cm³/mol. The molecule has 4 aromatic rings. The number of rotatable bonds is 8. The molecule has 0 radical (unpaired) electrons. The van der Waals surface area contributed by atoms with Crippen LogP contribution in [0.5, 0.6) is 5.75 Å². The zero-order chi connectivity index (χ0) is 22.3. The Morgan fingerprint density at radius 2 is 1.81 bits per heavy atom. The van der Waals surface area contributed by atoms with Crippen LogP contribution in [0.4, 0.5) is 0 Å². The van der Waals surface area contributed by atoms with Crippen LogP contribution in [0.2, 0.25) is 10.0 Å². The van der Waals surface area contributed by atoms with Crippen LogP contribution in [0, 0.1) is 0 Å². The summed E-state index contributed by atoms with van der Waals surface area (Å²) in [5.74, 6) is 1.33. The number of nitrogens with zero attached hydrogens (tertiary/aromatic N) is 2. The molecule has 3 aromatic carbocycles. The summed E-state index contributed by atoms with van der Waals surface area (Å²) in [7, 11) is 0. The number of carbonyl (C=O) groups excluding carboxylic acids is 1. The minimum Gasteiger partial charge on any atom is -0.493 e. The fraction of sp³-hybridized carbons (Fsp3) is 0.0800. The number of aromatic nitrogens is 2. The monoisotopic (exact) mass is 480 g/mol. The van der Waals surface area contributed by atoms with E-state index in [0.29, 0.717) is 28.0 Å². The molecule has 4 nitrogen and oxygen atoms in total. The van der Waals surface area contributed by atoms with E-state index in [1.54, 1.807) is 66.6 Å². The number of hydrogen-bond acceptors (Lipinski definition) is 5. The van der Waals surface area contributed by atoms with Crippen LogP contribution in [-0.4, -0.2) is 28.1 Å². The normalized spacial score (nSPS) is 11.2. The summed E-state index contributed by atoms with van der Waals surface area (Å²) in [5, 5.41) is 3.03. The zero-order valence-electron chi connectivity index (χ0n) is 16.9. The third-order valence-corrected chi connectivity index (χ3v) is 6.14. The maximum absolute atomic E-state index is 12.4. The van der Waals surface area contributed by atoms with E-state index in [1.807, 2.05) is 24.3 Å². The van der Waals surface area contributed by atoms with E-state index in [1.165, 1.54) is 6.08 Å². The summed E-state index contributed by atoms with van der Waals surface area (Å²) >= 11 is 13.7. The number of allylic oxidation sites excluding steroid dienone is 1. The summed E-state index contributed by atoms with van der Waals surface area (Å²) < 4.78 is 5.81. The molecule has 0 saturated carbocycles. The summed E-state index contributed by atoms with van der Waals surface area (Å²) in [6.45, 7) is 0.519. The second kappa shape index (κ2) is 10.6. The molecule has 4 rings (SSSR count). The molecule has 0 saturated heterocycles. The molecule has 0 N–H and O–H groups in total. The topological polar surface area (TPSA) is 52.1 Å². The molecule has 0 aliphatic heterocycles. The first-order valence-electron chi connectivity index (χ1n) is 9.83. The van der Waals surface area contributed by atoms with Gasteiger partial charge in [-0.15, -0.1) is 11.8 Å². The Labute approximate surface area is 200 Å². The van der Waals surface area contributed by atoms with Gasteiger partial charge in [0.25, 0.3) is 0 Å². The van der Waals surface area contributed by atoms with E-state index in [2.05, 4.69) is 9.97 Å². The van der Waals surface area contributed by atoms with Gasteiger partial charge in [-0.2, -0.15) is 0 Å². The Hall–Kier alpha value is -2.86. The quantitative estimate of drug-likeness (QED) is 0.0892. The number of carbonyl (C=O) groups is 1. The Morgan fingerprint density at radius 3 is 2.62 bits per heavy atom. The minimum atomic E-state index is -0.117. The second-order valence-electron chi connectivity index (χ2n) is 6.78. The van der Waals surface area contributed by atoms with Crippen LogP contribution in [0.3, 0.4) is 0 Å². The predicted octanol–water partition coefficient (Wildman–Crippen LogP) is 7.00. The van der Waals surface area contributed by atoms with E-state index in [4.69, 9.17) is 27.9 Å². The van der Waals surface area contributed by atoms with Gasteiger partial charge in [0.2, 0.25) is 0 Å². The van der Waals surface area contributed by atoms with Gasteiger partial charge in [-0.05, 0) is 60.2 Å². The average molecular weight is 481 g/mol. The van der Waals surface area contributed by atoms with Crippen molar-refractivity contribution in [3.8, 4) is 5.75 Å². The largest absolute Gasteiger partial charge is 0.493 e. The molecule has 160 valence electrons. The summed E-state index contributed by atoms with van der Waals surface area (Å²) in [6.07, 6.45) is 4.75. The van der Waals surface area contributed by atoms with Crippen LogP contribution in [0.25, 0.3) is 17.0 Å². The van der Waals surface area contributed by atoms with E-state index in [0.717, 1.165) is 27.2 Å². The standard InChI is InChI=1S/C25H18Cl2N2O2S/c26-19-9-5-17(22(27)15-19)8-12-24(30)18-6-10-20(11-7-18)31-13-14-32-25-21-3-1-2-4-23(21)28-16-29-25/h1-12,15-16H,13-14H2/b12-8+. The van der Waals surface area contributed by atoms with Crippen LogP contribution < -0.4 is 4.74 Å². The van der Waals surface area contributed by atoms with Crippen LogP contribution in [0.1, 0.15) is 15.9 Å². The van der Waals surface area contributed by atoms with Crippen molar-refractivity contribution in [2.24, 2.45) is 0 Å². The van der Waals surface area contributed by atoms with Gasteiger partial charge in [0, 0.05) is 26.7 Å². The zero-order valence-corrected chi connectivity index (χ0v) is 19.2. The molecule has 1 aromatic heterocycles. The van der Waals surface area contributed by atoms with Gasteiger partial charge < -0.3 is 4.74 Å². The number of halogens is 2. The highest BCUT2D eigenvalue weighted by atomic mass is 35.5. The highest BCUT2D eigenvalue weighted by Crippen LogP contribution is 2.25. The number of benzene rings is 3. The van der Waals surface area contributed by atoms with Crippen LogP contribution in [0.15, 0.2) is 84.2 Å². The van der Waals surface area contributed by atoms with Crippen molar-refractivity contribution in [2.45, 2.75) is 5.03 Å². The molecule has 0 unspecified atom stereocenters. The fourth-order valence-corrected chi connectivity index (χ4v) is 4.29. The third kappa shape index (κ3) is 5.68. The van der Waals surface area contributed by atoms with Gasteiger partial charge in [-0.25, -0.2) is 9.97 Å². The summed E-state index contributed by atoms with van der Waals surface area (Å²) in [6, 6.07) is 20.2. The molecule has 0 bridgehead atoms. The Bertz CT molecular complexity index is 1270. The lowest BCUT2D eigenvalue weighted by molar-refractivity contribution is 0.104. The lowest BCUT2D eigenvalue weighted by Crippen LogP contribution is -2.01. The number of para-hydroxylation sites is 1. The number of ketones is 1. The van der Waals surface area contributed by atoms with Crippen LogP contribution in [-0.2, 0) is 0 Å². The number of fused-ring (bicyclic) bond motifs is 1. The van der Waals surface area contributed by atoms with E-state index >= 15 is 0 Å². The molecular weight excluding hydrogens is 463 g/mol. The fourth-order valence-electron chi connectivity index (χ4n) is 3.01. The van der Waals surface area contributed by atoms with Crippen LogP contribution >= 0.6 is 35.0 Å². The van der Waals surface area contributed by atoms with E-state index in [-0.39, 0.29) is 5.78 Å². The number of hydrogen-bond donors (Lipinski definition) is 0. The van der Waals surface area contributed by atoms with Crippen molar-refractivity contribution < 1.29 is 9.53 Å². The molecule has 32 heavy (non-hydrogen) atoms. The van der Waals surface area contributed by atoms with Crippen molar-refractivity contribution in [1.29, 1.82) is 0 Å². The minimum absolute atomic E-state index is 0.117.